The van der Waals surface area contributed by atoms with Crippen LogP contribution >= 0.6 is 0 Å². The number of aromatic amines is 1. The van der Waals surface area contributed by atoms with Crippen molar-refractivity contribution in [3.8, 4) is 11.3 Å². The maximum absolute atomic E-state index is 12.5. The number of hydrogen-bond acceptors (Lipinski definition) is 4. The molecule has 1 aromatic carbocycles. The molecule has 0 radical (unpaired) electrons. The topological polar surface area (TPSA) is 71.1 Å². The van der Waals surface area contributed by atoms with Crippen LogP contribution in [0.15, 0.2) is 42.7 Å². The van der Waals surface area contributed by atoms with Crippen molar-refractivity contribution >= 4 is 17.0 Å². The summed E-state index contributed by atoms with van der Waals surface area (Å²) in [5, 5.41) is 1.09. The fourth-order valence-electron chi connectivity index (χ4n) is 3.49. The lowest BCUT2D eigenvalue weighted by Gasteiger charge is -2.27. The second kappa shape index (κ2) is 6.68. The van der Waals surface area contributed by atoms with Crippen LogP contribution in [0.2, 0.25) is 0 Å². The Morgan fingerprint density at radius 1 is 1.26 bits per heavy atom. The van der Waals surface area contributed by atoms with E-state index in [0.717, 1.165) is 40.8 Å². The monoisotopic (exact) mass is 364 g/mol. The van der Waals surface area contributed by atoms with Crippen LogP contribution in [0.4, 0.5) is 4.79 Å². The lowest BCUT2D eigenvalue weighted by atomic mass is 10.1. The van der Waals surface area contributed by atoms with E-state index in [-0.39, 0.29) is 12.1 Å². The summed E-state index contributed by atoms with van der Waals surface area (Å²) in [5.41, 5.74) is 2.45. The van der Waals surface area contributed by atoms with Gasteiger partial charge in [0.25, 0.3) is 0 Å². The summed E-state index contributed by atoms with van der Waals surface area (Å²) < 4.78 is 5.55. The molecule has 4 rings (SSSR count). The summed E-state index contributed by atoms with van der Waals surface area (Å²) in [5.74, 6) is 0.805. The van der Waals surface area contributed by atoms with Crippen LogP contribution in [0.1, 0.15) is 45.5 Å². The summed E-state index contributed by atoms with van der Waals surface area (Å²) in [4.78, 5) is 26.6. The van der Waals surface area contributed by atoms with Gasteiger partial charge in [0.15, 0.2) is 0 Å². The number of H-pyrrole nitrogens is 1. The van der Waals surface area contributed by atoms with Gasteiger partial charge in [0.05, 0.1) is 23.4 Å². The number of rotatable bonds is 2. The Hall–Kier alpha value is -2.89. The van der Waals surface area contributed by atoms with Gasteiger partial charge in [-0.2, -0.15) is 0 Å². The summed E-state index contributed by atoms with van der Waals surface area (Å²) in [6, 6.07) is 10.0. The molecule has 2 aromatic heterocycles. The number of hydrogen-bond donors (Lipinski definition) is 1. The minimum absolute atomic E-state index is 0.0734. The molecule has 0 spiro atoms. The third-order valence-corrected chi connectivity index (χ3v) is 4.71. The van der Waals surface area contributed by atoms with E-state index in [4.69, 9.17) is 4.74 Å². The Labute approximate surface area is 158 Å². The Kier molecular flexibility index (Phi) is 4.34. The van der Waals surface area contributed by atoms with Crippen molar-refractivity contribution in [3.05, 3.63) is 48.5 Å². The van der Waals surface area contributed by atoms with Gasteiger partial charge in [-0.1, -0.05) is 12.1 Å². The van der Waals surface area contributed by atoms with Crippen LogP contribution in [0.5, 0.6) is 0 Å². The average molecular weight is 364 g/mol. The number of ether oxygens (including phenoxy) is 1. The number of aromatic nitrogens is 3. The maximum atomic E-state index is 12.5. The van der Waals surface area contributed by atoms with Crippen LogP contribution in [0.25, 0.3) is 22.2 Å². The Balaban J connectivity index is 1.58. The predicted molar refractivity (Wildman–Crippen MR) is 104 cm³/mol. The van der Waals surface area contributed by atoms with Gasteiger partial charge in [0.2, 0.25) is 0 Å². The summed E-state index contributed by atoms with van der Waals surface area (Å²) in [6.07, 6.45) is 5.18. The van der Waals surface area contributed by atoms with Gasteiger partial charge in [-0.3, -0.25) is 9.88 Å². The average Bonchev–Trinajstić information content (AvgIpc) is 3.29. The Morgan fingerprint density at radius 2 is 2.11 bits per heavy atom. The largest absolute Gasteiger partial charge is 0.444 e. The van der Waals surface area contributed by atoms with Gasteiger partial charge >= 0.3 is 6.09 Å². The number of nitrogens with one attached hydrogen (secondary N) is 1. The smallest absolute Gasteiger partial charge is 0.410 e. The van der Waals surface area contributed by atoms with E-state index in [1.54, 1.807) is 11.1 Å². The molecule has 1 amide bonds. The van der Waals surface area contributed by atoms with Crippen LogP contribution in [0, 0.1) is 0 Å². The van der Waals surface area contributed by atoms with Crippen molar-refractivity contribution in [1.29, 1.82) is 0 Å². The van der Waals surface area contributed by atoms with Crippen LogP contribution in [-0.2, 0) is 4.74 Å². The summed E-state index contributed by atoms with van der Waals surface area (Å²) in [7, 11) is 0. The standard InChI is InChI=1S/C21H24N4O2/c1-21(2,3)27-20(26)25-11-5-7-18(25)19-23-13-17(24-19)15-8-9-16-14(12-15)6-4-10-22-16/h4,6,8-10,12-13,18H,5,7,11H2,1-3H3,(H,23,24). The summed E-state index contributed by atoms with van der Waals surface area (Å²) >= 11 is 0. The first kappa shape index (κ1) is 17.5. The highest BCUT2D eigenvalue weighted by Gasteiger charge is 2.34. The number of imidazole rings is 1. The lowest BCUT2D eigenvalue weighted by molar-refractivity contribution is 0.0219. The second-order valence-corrected chi connectivity index (χ2v) is 7.92. The van der Waals surface area contributed by atoms with E-state index in [0.29, 0.717) is 6.54 Å². The van der Waals surface area contributed by atoms with Gasteiger partial charge in [0.1, 0.15) is 11.4 Å². The molecule has 0 saturated carbocycles. The quantitative estimate of drug-likeness (QED) is 0.716. The van der Waals surface area contributed by atoms with Gasteiger partial charge in [-0.05, 0) is 51.8 Å². The fourth-order valence-corrected chi connectivity index (χ4v) is 3.49. The molecule has 0 aliphatic carbocycles. The molecule has 140 valence electrons. The Morgan fingerprint density at radius 3 is 2.93 bits per heavy atom. The zero-order valence-electron chi connectivity index (χ0n) is 15.9. The number of nitrogens with zero attached hydrogens (tertiary/aromatic N) is 3. The lowest BCUT2D eigenvalue weighted by Crippen LogP contribution is -2.36. The van der Waals surface area contributed by atoms with Crippen molar-refractivity contribution in [2.45, 2.75) is 45.3 Å². The van der Waals surface area contributed by atoms with E-state index < -0.39 is 5.60 Å². The van der Waals surface area contributed by atoms with E-state index >= 15 is 0 Å². The van der Waals surface area contributed by atoms with Gasteiger partial charge < -0.3 is 9.72 Å². The fraction of sp³-hybridized carbons (Fsp3) is 0.381. The first-order valence-electron chi connectivity index (χ1n) is 9.30. The molecule has 1 saturated heterocycles. The van der Waals surface area contributed by atoms with Crippen LogP contribution in [-0.4, -0.2) is 38.1 Å². The van der Waals surface area contributed by atoms with Crippen LogP contribution < -0.4 is 0 Å². The highest BCUT2D eigenvalue weighted by Crippen LogP contribution is 2.33. The van der Waals surface area contributed by atoms with Crippen molar-refractivity contribution in [2.75, 3.05) is 6.54 Å². The molecule has 1 N–H and O–H groups in total. The normalized spacial score (nSPS) is 17.4. The van der Waals surface area contributed by atoms with Crippen LogP contribution in [0.3, 0.4) is 0 Å². The zero-order valence-corrected chi connectivity index (χ0v) is 15.9. The predicted octanol–water partition coefficient (Wildman–Crippen LogP) is 4.70. The summed E-state index contributed by atoms with van der Waals surface area (Å²) in [6.45, 7) is 6.35. The molecular formula is C21H24N4O2. The molecule has 3 heterocycles. The number of pyridine rings is 1. The SMILES string of the molecule is CC(C)(C)OC(=O)N1CCCC1c1ncc(-c2ccc3ncccc3c2)[nH]1. The minimum Gasteiger partial charge on any atom is -0.444 e. The number of amides is 1. The van der Waals surface area contributed by atoms with E-state index in [1.165, 1.54) is 0 Å². The van der Waals surface area contributed by atoms with Crippen molar-refractivity contribution < 1.29 is 9.53 Å². The third-order valence-electron chi connectivity index (χ3n) is 4.71. The molecule has 3 aromatic rings. The number of likely N-dealkylation sites (tertiary alicyclic amines) is 1. The number of carbonyl (C=O) groups excluding carboxylic acids is 1. The highest BCUT2D eigenvalue weighted by molar-refractivity contribution is 5.83. The highest BCUT2D eigenvalue weighted by atomic mass is 16.6. The van der Waals surface area contributed by atoms with Gasteiger partial charge in [0, 0.05) is 23.7 Å². The molecule has 1 aliphatic heterocycles. The molecule has 6 heteroatoms. The first-order chi connectivity index (χ1) is 12.9. The number of benzene rings is 1. The molecule has 0 bridgehead atoms. The molecule has 27 heavy (non-hydrogen) atoms. The zero-order chi connectivity index (χ0) is 19.0. The maximum Gasteiger partial charge on any atom is 0.410 e. The molecule has 1 aliphatic rings. The van der Waals surface area contributed by atoms with Crippen molar-refractivity contribution in [3.63, 3.8) is 0 Å². The third kappa shape index (κ3) is 3.65. The molecule has 1 unspecified atom stereocenters. The molecule has 1 fully saturated rings. The van der Waals surface area contributed by atoms with E-state index in [9.17, 15) is 4.79 Å². The number of carbonyl (C=O) groups is 1. The molecule has 6 nitrogen and oxygen atoms in total. The molecule has 1 atom stereocenters. The van der Waals surface area contributed by atoms with Gasteiger partial charge in [-0.25, -0.2) is 9.78 Å². The minimum atomic E-state index is -0.502. The first-order valence-corrected chi connectivity index (χ1v) is 9.30. The van der Waals surface area contributed by atoms with Gasteiger partial charge in [-0.15, -0.1) is 0 Å². The Bertz CT molecular complexity index is 973. The van der Waals surface area contributed by atoms with E-state index in [2.05, 4.69) is 21.0 Å². The number of fused-ring (bicyclic) bond motifs is 1. The molecular weight excluding hydrogens is 340 g/mol. The van der Waals surface area contributed by atoms with Crippen molar-refractivity contribution in [1.82, 2.24) is 19.9 Å². The van der Waals surface area contributed by atoms with E-state index in [1.807, 2.05) is 51.2 Å². The van der Waals surface area contributed by atoms with Crippen molar-refractivity contribution in [2.24, 2.45) is 0 Å². The second-order valence-electron chi connectivity index (χ2n) is 7.92.